The summed E-state index contributed by atoms with van der Waals surface area (Å²) >= 11 is 0. The van der Waals surface area contributed by atoms with Gasteiger partial charge in [-0.05, 0) is 50.8 Å². The summed E-state index contributed by atoms with van der Waals surface area (Å²) in [7, 11) is 4.62. The minimum atomic E-state index is -0.234. The molecule has 2 atom stereocenters. The molecule has 2 unspecified atom stereocenters. The highest BCUT2D eigenvalue weighted by Crippen LogP contribution is 2.38. The van der Waals surface area contributed by atoms with E-state index in [0.717, 1.165) is 18.4 Å². The van der Waals surface area contributed by atoms with Crippen molar-refractivity contribution >= 4 is 11.8 Å². The lowest BCUT2D eigenvalue weighted by Crippen LogP contribution is -2.67. The number of carbonyl (C=O) groups is 1. The van der Waals surface area contributed by atoms with Crippen LogP contribution in [0.2, 0.25) is 0 Å². The highest BCUT2D eigenvalue weighted by atomic mass is 16.5. The number of piperidine rings is 1. The largest absolute Gasteiger partial charge is 0.493 e. The highest BCUT2D eigenvalue weighted by molar-refractivity contribution is 5.91. The third kappa shape index (κ3) is 4.55. The lowest BCUT2D eigenvalue weighted by molar-refractivity contribution is -0.765. The Morgan fingerprint density at radius 1 is 1.17 bits per heavy atom. The number of ether oxygens (including phenoxy) is 3. The maximum Gasteiger partial charge on any atom is 0.305 e. The summed E-state index contributed by atoms with van der Waals surface area (Å²) in [6.07, 6.45) is 5.23. The van der Waals surface area contributed by atoms with Gasteiger partial charge in [-0.1, -0.05) is 0 Å². The number of methoxy groups -OCH3 is 3. The fraction of sp³-hybridized carbons (Fsp3) is 0.550. The van der Waals surface area contributed by atoms with Gasteiger partial charge in [0.2, 0.25) is 16.9 Å². The zero-order valence-corrected chi connectivity index (χ0v) is 17.6. The monoisotopic (exact) mass is 405 g/mol. The molecule has 1 aliphatic rings. The van der Waals surface area contributed by atoms with Crippen LogP contribution in [0.5, 0.6) is 17.2 Å². The molecular weight excluding hydrogens is 376 g/mol. The SMILES string of the molecule is COc1cc(CC(=O)Nc2c[n+](N3C(C)CCCC3C)no2)cc(OC)c1OC. The Balaban J connectivity index is 1.69. The smallest absolute Gasteiger partial charge is 0.305 e. The average molecular weight is 405 g/mol. The van der Waals surface area contributed by atoms with Gasteiger partial charge in [0.05, 0.1) is 44.6 Å². The quantitative estimate of drug-likeness (QED) is 0.705. The predicted octanol–water partition coefficient (Wildman–Crippen LogP) is 2.07. The molecule has 3 rings (SSSR count). The normalized spacial score (nSPS) is 19.0. The van der Waals surface area contributed by atoms with E-state index in [-0.39, 0.29) is 12.3 Å². The van der Waals surface area contributed by atoms with Crippen molar-refractivity contribution in [1.29, 1.82) is 0 Å². The molecule has 1 aliphatic heterocycles. The number of amides is 1. The molecule has 9 heteroatoms. The van der Waals surface area contributed by atoms with Crippen molar-refractivity contribution in [3.05, 3.63) is 23.9 Å². The Labute approximate surface area is 170 Å². The molecule has 1 aromatic heterocycles. The number of aromatic nitrogens is 2. The van der Waals surface area contributed by atoms with Crippen LogP contribution in [0.4, 0.5) is 5.88 Å². The molecule has 0 radical (unpaired) electrons. The number of benzene rings is 1. The second kappa shape index (κ2) is 9.02. The molecule has 1 aromatic carbocycles. The van der Waals surface area contributed by atoms with Gasteiger partial charge in [0.15, 0.2) is 11.5 Å². The Morgan fingerprint density at radius 2 is 1.79 bits per heavy atom. The summed E-state index contributed by atoms with van der Waals surface area (Å²) in [5, 5.41) is 9.00. The van der Waals surface area contributed by atoms with Crippen LogP contribution in [0.15, 0.2) is 22.9 Å². The van der Waals surface area contributed by atoms with Crippen molar-refractivity contribution in [2.75, 3.05) is 31.7 Å². The molecule has 0 aliphatic carbocycles. The molecule has 1 fully saturated rings. The lowest BCUT2D eigenvalue weighted by Gasteiger charge is -2.31. The maximum absolute atomic E-state index is 12.5. The van der Waals surface area contributed by atoms with Gasteiger partial charge in [-0.3, -0.25) is 14.6 Å². The zero-order valence-electron chi connectivity index (χ0n) is 17.6. The fourth-order valence-corrected chi connectivity index (χ4v) is 3.82. The highest BCUT2D eigenvalue weighted by Gasteiger charge is 2.34. The molecule has 1 N–H and O–H groups in total. The number of nitrogens with one attached hydrogen (secondary N) is 1. The molecule has 0 bridgehead atoms. The first-order valence-electron chi connectivity index (χ1n) is 9.72. The Morgan fingerprint density at radius 3 is 2.34 bits per heavy atom. The number of rotatable bonds is 7. The molecule has 158 valence electrons. The van der Waals surface area contributed by atoms with Crippen molar-refractivity contribution < 1.29 is 28.3 Å². The molecule has 1 amide bonds. The Bertz CT molecular complexity index is 818. The summed E-state index contributed by atoms with van der Waals surface area (Å²) in [6, 6.07) is 4.21. The van der Waals surface area contributed by atoms with E-state index in [4.69, 9.17) is 18.7 Å². The molecule has 2 heterocycles. The van der Waals surface area contributed by atoms with Gasteiger partial charge in [-0.2, -0.15) is 0 Å². The van der Waals surface area contributed by atoms with Crippen LogP contribution in [-0.2, 0) is 11.2 Å². The topological polar surface area (TPSA) is 89.9 Å². The van der Waals surface area contributed by atoms with E-state index < -0.39 is 0 Å². The van der Waals surface area contributed by atoms with Gasteiger partial charge in [-0.15, -0.1) is 5.01 Å². The molecule has 9 nitrogen and oxygen atoms in total. The van der Waals surface area contributed by atoms with Crippen molar-refractivity contribution in [2.45, 2.75) is 51.6 Å². The summed E-state index contributed by atoms with van der Waals surface area (Å²) in [5.74, 6) is 1.55. The van der Waals surface area contributed by atoms with Gasteiger partial charge in [0.1, 0.15) is 0 Å². The summed E-state index contributed by atoms with van der Waals surface area (Å²) in [4.78, 5) is 14.2. The summed E-state index contributed by atoms with van der Waals surface area (Å²) in [5.41, 5.74) is 0.725. The molecule has 1 saturated heterocycles. The van der Waals surface area contributed by atoms with E-state index in [9.17, 15) is 4.79 Å². The third-order valence-corrected chi connectivity index (χ3v) is 5.19. The van der Waals surface area contributed by atoms with Crippen LogP contribution in [0.1, 0.15) is 38.7 Å². The zero-order chi connectivity index (χ0) is 21.0. The van der Waals surface area contributed by atoms with Crippen molar-refractivity contribution in [2.24, 2.45) is 0 Å². The van der Waals surface area contributed by atoms with Crippen LogP contribution < -0.4 is 29.3 Å². The average Bonchev–Trinajstić information content (AvgIpc) is 3.14. The number of carbonyl (C=O) groups excluding carboxylic acids is 1. The van der Waals surface area contributed by atoms with Gasteiger partial charge in [0, 0.05) is 0 Å². The molecule has 29 heavy (non-hydrogen) atoms. The maximum atomic E-state index is 12.5. The van der Waals surface area contributed by atoms with E-state index >= 15 is 0 Å². The minimum Gasteiger partial charge on any atom is -0.493 e. The summed E-state index contributed by atoms with van der Waals surface area (Å²) in [6.45, 7) is 4.33. The molecule has 2 aromatic rings. The fourth-order valence-electron chi connectivity index (χ4n) is 3.82. The van der Waals surface area contributed by atoms with Crippen LogP contribution in [0.25, 0.3) is 0 Å². The van der Waals surface area contributed by atoms with Crippen LogP contribution in [-0.4, -0.2) is 44.6 Å². The Hall–Kier alpha value is -2.97. The van der Waals surface area contributed by atoms with Gasteiger partial charge >= 0.3 is 5.88 Å². The Kier molecular flexibility index (Phi) is 6.46. The second-order valence-electron chi connectivity index (χ2n) is 7.25. The van der Waals surface area contributed by atoms with E-state index in [1.165, 1.54) is 27.8 Å². The summed E-state index contributed by atoms with van der Waals surface area (Å²) < 4.78 is 21.3. The van der Waals surface area contributed by atoms with Gasteiger partial charge in [0.25, 0.3) is 6.20 Å². The third-order valence-electron chi connectivity index (χ3n) is 5.19. The van der Waals surface area contributed by atoms with E-state index in [2.05, 4.69) is 29.4 Å². The first-order chi connectivity index (χ1) is 14.0. The number of hydrogen-bond donors (Lipinski definition) is 1. The van der Waals surface area contributed by atoms with Gasteiger partial charge in [-0.25, -0.2) is 0 Å². The standard InChI is InChI=1S/C20H28N4O5/c1-13-7-6-8-14(2)24(13)23-12-19(29-22-23)21-18(25)11-15-9-16(26-3)20(28-5)17(10-15)27-4/h9-10,12-14H,6-8,11H2,1-5H3/p+1. The van der Waals surface area contributed by atoms with Crippen molar-refractivity contribution in [1.82, 2.24) is 5.27 Å². The van der Waals surface area contributed by atoms with Crippen molar-refractivity contribution in [3.63, 3.8) is 0 Å². The minimum absolute atomic E-state index is 0.119. The first kappa shape index (κ1) is 20.8. The van der Waals surface area contributed by atoms with Crippen LogP contribution >= 0.6 is 0 Å². The van der Waals surface area contributed by atoms with E-state index in [0.29, 0.717) is 35.2 Å². The predicted molar refractivity (Wildman–Crippen MR) is 106 cm³/mol. The van der Waals surface area contributed by atoms with E-state index in [1.807, 2.05) is 0 Å². The first-order valence-corrected chi connectivity index (χ1v) is 9.72. The number of anilines is 1. The van der Waals surface area contributed by atoms with Gasteiger partial charge < -0.3 is 14.2 Å². The lowest BCUT2D eigenvalue weighted by atomic mass is 10.00. The number of nitrogens with zero attached hydrogens (tertiary/aromatic N) is 3. The number of hydrogen-bond acceptors (Lipinski definition) is 7. The molecular formula is C20H29N4O5+. The second-order valence-corrected chi connectivity index (χ2v) is 7.25. The van der Waals surface area contributed by atoms with Crippen molar-refractivity contribution in [3.8, 4) is 17.2 Å². The van der Waals surface area contributed by atoms with Crippen LogP contribution in [0, 0.1) is 0 Å². The van der Waals surface area contributed by atoms with Crippen LogP contribution in [0.3, 0.4) is 0 Å². The molecule has 0 saturated carbocycles. The molecule has 0 spiro atoms. The van der Waals surface area contributed by atoms with E-state index in [1.54, 1.807) is 23.1 Å².